The van der Waals surface area contributed by atoms with E-state index in [1.165, 1.54) is 11.8 Å². The van der Waals surface area contributed by atoms with Gasteiger partial charge in [0, 0.05) is 25.6 Å². The van der Waals surface area contributed by atoms with Gasteiger partial charge in [-0.1, -0.05) is 20.3 Å². The number of hydrogen-bond acceptors (Lipinski definition) is 4. The molecule has 0 saturated heterocycles. The van der Waals surface area contributed by atoms with Crippen LogP contribution in [0.1, 0.15) is 65.7 Å². The number of unbranched alkanes of at least 4 members (excludes halogenated alkanes) is 1. The molecule has 1 unspecified atom stereocenters. The van der Waals surface area contributed by atoms with Gasteiger partial charge in [-0.05, 0) is 44.9 Å². The molecule has 6 nitrogen and oxygen atoms in total. The minimum atomic E-state index is -1.09. The second-order valence-corrected chi connectivity index (χ2v) is 8.48. The van der Waals surface area contributed by atoms with E-state index in [1.807, 2.05) is 6.21 Å². The van der Waals surface area contributed by atoms with E-state index < -0.39 is 12.2 Å². The minimum Gasteiger partial charge on any atom is -0.333 e. The molecular formula is C21H35FN4O2S. The Balaban J connectivity index is 2.38. The predicted octanol–water partition coefficient (Wildman–Crippen LogP) is 4.87. The largest absolute Gasteiger partial charge is 0.341 e. The molecule has 1 N–H and O–H groups in total. The number of amides is 2. The molecule has 1 fully saturated rings. The maximum Gasteiger partial charge on any atom is 0.341 e. The number of ketones is 1. The lowest BCUT2D eigenvalue weighted by molar-refractivity contribution is -0.116. The summed E-state index contributed by atoms with van der Waals surface area (Å²) in [5, 5.41) is 3.05. The Hall–Kier alpha value is -1.57. The van der Waals surface area contributed by atoms with E-state index in [-0.39, 0.29) is 18.2 Å². The highest BCUT2D eigenvalue weighted by Gasteiger charge is 2.29. The van der Waals surface area contributed by atoms with E-state index in [0.717, 1.165) is 44.4 Å². The van der Waals surface area contributed by atoms with E-state index in [2.05, 4.69) is 27.2 Å². The monoisotopic (exact) mass is 426 g/mol. The molecule has 8 heteroatoms. The third kappa shape index (κ3) is 10.1. The van der Waals surface area contributed by atoms with Crippen LogP contribution in [0.4, 0.5) is 9.18 Å². The number of alkyl halides is 1. The van der Waals surface area contributed by atoms with Gasteiger partial charge in [-0.2, -0.15) is 4.99 Å². The van der Waals surface area contributed by atoms with Crippen molar-refractivity contribution in [3.63, 3.8) is 0 Å². The molecule has 1 aliphatic rings. The third-order valence-electron chi connectivity index (χ3n) is 5.06. The number of rotatable bonds is 9. The molecule has 0 spiro atoms. The SMILES string of the molecule is CCCC=NC(=NC)C1CCC(C(F)CNC(=O)/N=C(/C)SCC(=O)CC)CC1. The number of amidine groups is 1. The molecule has 0 aromatic rings. The number of nitrogens with one attached hydrogen (secondary N) is 1. The number of thioether (sulfide) groups is 1. The fraction of sp³-hybridized carbons (Fsp3) is 0.762. The van der Waals surface area contributed by atoms with Crippen LogP contribution in [0.5, 0.6) is 0 Å². The Morgan fingerprint density at radius 1 is 1.24 bits per heavy atom. The Kier molecular flexibility index (Phi) is 12.7. The highest BCUT2D eigenvalue weighted by molar-refractivity contribution is 8.14. The van der Waals surface area contributed by atoms with Crippen molar-refractivity contribution in [3.8, 4) is 0 Å². The van der Waals surface area contributed by atoms with Crippen molar-refractivity contribution in [2.24, 2.45) is 26.8 Å². The summed E-state index contributed by atoms with van der Waals surface area (Å²) in [6.45, 7) is 5.55. The van der Waals surface area contributed by atoms with Crippen molar-refractivity contribution >= 4 is 40.7 Å². The second kappa shape index (κ2) is 14.4. The van der Waals surface area contributed by atoms with Gasteiger partial charge in [-0.3, -0.25) is 9.79 Å². The number of Topliss-reactive ketones (excluding diaryl/α,β-unsaturated/α-hetero) is 1. The van der Waals surface area contributed by atoms with Crippen molar-refractivity contribution in [2.45, 2.75) is 71.9 Å². The lowest BCUT2D eigenvalue weighted by Gasteiger charge is -2.30. The molecule has 1 aliphatic carbocycles. The lowest BCUT2D eigenvalue weighted by Crippen LogP contribution is -2.35. The Morgan fingerprint density at radius 2 is 1.93 bits per heavy atom. The van der Waals surface area contributed by atoms with Gasteiger partial charge in [0.25, 0.3) is 0 Å². The summed E-state index contributed by atoms with van der Waals surface area (Å²) in [7, 11) is 1.76. The number of halogens is 1. The van der Waals surface area contributed by atoms with Gasteiger partial charge < -0.3 is 5.32 Å². The summed E-state index contributed by atoms with van der Waals surface area (Å²) >= 11 is 1.23. The van der Waals surface area contributed by atoms with Crippen LogP contribution in [-0.2, 0) is 4.79 Å². The number of hydrogen-bond donors (Lipinski definition) is 1. The summed E-state index contributed by atoms with van der Waals surface area (Å²) in [5.41, 5.74) is 0. The van der Waals surface area contributed by atoms with Crippen molar-refractivity contribution in [1.29, 1.82) is 0 Å². The first-order valence-corrected chi connectivity index (χ1v) is 11.5. The van der Waals surface area contributed by atoms with Crippen molar-refractivity contribution < 1.29 is 14.0 Å². The average Bonchev–Trinajstić information content (AvgIpc) is 2.73. The smallest absolute Gasteiger partial charge is 0.333 e. The number of carbonyl (C=O) groups excluding carboxylic acids is 2. The van der Waals surface area contributed by atoms with Crippen LogP contribution in [0.3, 0.4) is 0 Å². The summed E-state index contributed by atoms with van der Waals surface area (Å²) in [5.74, 6) is 1.51. The number of carbonyl (C=O) groups is 2. The highest BCUT2D eigenvalue weighted by Crippen LogP contribution is 2.33. The molecule has 1 atom stereocenters. The summed E-state index contributed by atoms with van der Waals surface area (Å²) in [4.78, 5) is 35.8. The summed E-state index contributed by atoms with van der Waals surface area (Å²) in [6, 6.07) is -0.555. The van der Waals surface area contributed by atoms with Gasteiger partial charge in [-0.25, -0.2) is 14.2 Å². The molecule has 164 valence electrons. The van der Waals surface area contributed by atoms with E-state index in [4.69, 9.17) is 0 Å². The normalized spacial score (nSPS) is 22.0. The molecule has 0 aromatic carbocycles. The van der Waals surface area contributed by atoms with Gasteiger partial charge in [0.2, 0.25) is 0 Å². The van der Waals surface area contributed by atoms with Gasteiger partial charge in [0.1, 0.15) is 17.8 Å². The van der Waals surface area contributed by atoms with Gasteiger partial charge in [-0.15, -0.1) is 11.8 Å². The molecule has 0 aromatic heterocycles. The Labute approximate surface area is 178 Å². The molecule has 1 saturated carbocycles. The van der Waals surface area contributed by atoms with Gasteiger partial charge in [0.15, 0.2) is 0 Å². The zero-order valence-electron chi connectivity index (χ0n) is 18.1. The highest BCUT2D eigenvalue weighted by atomic mass is 32.2. The van der Waals surface area contributed by atoms with E-state index in [0.29, 0.717) is 23.1 Å². The van der Waals surface area contributed by atoms with Crippen LogP contribution in [0.15, 0.2) is 15.0 Å². The third-order valence-corrected chi connectivity index (χ3v) is 6.04. The van der Waals surface area contributed by atoms with Crippen molar-refractivity contribution in [1.82, 2.24) is 5.32 Å². The van der Waals surface area contributed by atoms with Crippen LogP contribution in [0.2, 0.25) is 0 Å². The zero-order chi connectivity index (χ0) is 21.6. The topological polar surface area (TPSA) is 83.2 Å². The van der Waals surface area contributed by atoms with E-state index >= 15 is 0 Å². The first-order chi connectivity index (χ1) is 13.9. The molecule has 0 bridgehead atoms. The van der Waals surface area contributed by atoms with Crippen molar-refractivity contribution in [2.75, 3.05) is 19.3 Å². The van der Waals surface area contributed by atoms with Crippen LogP contribution >= 0.6 is 11.8 Å². The zero-order valence-corrected chi connectivity index (χ0v) is 18.9. The quantitative estimate of drug-likeness (QED) is 0.422. The van der Waals surface area contributed by atoms with Crippen molar-refractivity contribution in [3.05, 3.63) is 0 Å². The standard InChI is InChI=1S/C21H35FN4O2S/c1-5-7-12-24-20(23-4)17-10-8-16(9-11-17)19(22)13-25-21(28)26-15(3)29-14-18(27)6-2/h12,16-17,19H,5-11,13-14H2,1-4H3,(H,25,28)/b23-20?,24-12?,26-15-. The molecule has 29 heavy (non-hydrogen) atoms. The predicted molar refractivity (Wildman–Crippen MR) is 121 cm³/mol. The Morgan fingerprint density at radius 3 is 2.52 bits per heavy atom. The van der Waals surface area contributed by atoms with Crippen LogP contribution in [0.25, 0.3) is 0 Å². The summed E-state index contributed by atoms with van der Waals surface area (Å²) in [6.07, 6.45) is 6.56. The molecule has 1 rings (SSSR count). The number of urea groups is 1. The first-order valence-electron chi connectivity index (χ1n) is 10.5. The molecule has 0 aliphatic heterocycles. The fourth-order valence-electron chi connectivity index (χ4n) is 3.23. The van der Waals surface area contributed by atoms with E-state index in [1.54, 1.807) is 20.9 Å². The van der Waals surface area contributed by atoms with Crippen LogP contribution in [0, 0.1) is 11.8 Å². The average molecular weight is 427 g/mol. The molecule has 0 radical (unpaired) electrons. The van der Waals surface area contributed by atoms with Crippen LogP contribution in [-0.4, -0.2) is 54.4 Å². The number of nitrogens with zero attached hydrogens (tertiary/aromatic N) is 3. The van der Waals surface area contributed by atoms with Gasteiger partial charge >= 0.3 is 6.03 Å². The molecular weight excluding hydrogens is 391 g/mol. The maximum atomic E-state index is 14.6. The Bertz CT molecular complexity index is 614. The molecule has 2 amide bonds. The minimum absolute atomic E-state index is 0.0348. The van der Waals surface area contributed by atoms with Crippen LogP contribution < -0.4 is 5.32 Å². The first kappa shape index (κ1) is 25.5. The second-order valence-electron chi connectivity index (χ2n) is 7.31. The fourth-order valence-corrected chi connectivity index (χ4v) is 3.95. The lowest BCUT2D eigenvalue weighted by atomic mass is 9.79. The molecule has 0 heterocycles. The summed E-state index contributed by atoms with van der Waals surface area (Å²) < 4.78 is 14.6. The van der Waals surface area contributed by atoms with E-state index in [9.17, 15) is 14.0 Å². The maximum absolute atomic E-state index is 14.6. The van der Waals surface area contributed by atoms with Gasteiger partial charge in [0.05, 0.1) is 17.3 Å². The number of aliphatic imine (C=N–C) groups is 3.